The Morgan fingerprint density at radius 1 is 1.43 bits per heavy atom. The van der Waals surface area contributed by atoms with Crippen LogP contribution in [0.25, 0.3) is 10.1 Å². The van der Waals surface area contributed by atoms with E-state index in [1.165, 1.54) is 6.07 Å². The third-order valence-corrected chi connectivity index (χ3v) is 4.95. The predicted molar refractivity (Wildman–Crippen MR) is 85.6 cm³/mol. The van der Waals surface area contributed by atoms with Crippen LogP contribution < -0.4 is 5.32 Å². The molecular formula is C15H15ClFN3S. The summed E-state index contributed by atoms with van der Waals surface area (Å²) in [6, 6.07) is 6.80. The number of aromatic nitrogens is 2. The van der Waals surface area contributed by atoms with Crippen LogP contribution in [-0.4, -0.2) is 16.8 Å². The van der Waals surface area contributed by atoms with Crippen LogP contribution >= 0.6 is 22.9 Å². The first-order valence-corrected chi connectivity index (χ1v) is 7.91. The van der Waals surface area contributed by atoms with Gasteiger partial charge in [-0.15, -0.1) is 11.3 Å². The number of rotatable bonds is 4. The zero-order valence-corrected chi connectivity index (χ0v) is 13.3. The summed E-state index contributed by atoms with van der Waals surface area (Å²) < 4.78 is 16.3. The second-order valence-electron chi connectivity index (χ2n) is 4.75. The van der Waals surface area contributed by atoms with Gasteiger partial charge in [-0.2, -0.15) is 5.10 Å². The highest BCUT2D eigenvalue weighted by Crippen LogP contribution is 2.35. The summed E-state index contributed by atoms with van der Waals surface area (Å²) in [5.74, 6) is -0.218. The first-order chi connectivity index (χ1) is 10.1. The molecule has 2 aromatic heterocycles. The topological polar surface area (TPSA) is 29.9 Å². The molecule has 0 saturated heterocycles. The van der Waals surface area contributed by atoms with E-state index in [0.29, 0.717) is 5.02 Å². The van der Waals surface area contributed by atoms with Gasteiger partial charge in [0.15, 0.2) is 0 Å². The van der Waals surface area contributed by atoms with E-state index in [4.69, 9.17) is 11.6 Å². The largest absolute Gasteiger partial charge is 0.307 e. The average molecular weight is 324 g/mol. The van der Waals surface area contributed by atoms with Gasteiger partial charge in [-0.25, -0.2) is 4.39 Å². The maximum atomic E-state index is 13.3. The fourth-order valence-corrected chi connectivity index (χ4v) is 3.91. The lowest BCUT2D eigenvalue weighted by Gasteiger charge is -2.16. The van der Waals surface area contributed by atoms with Crippen LogP contribution in [0.5, 0.6) is 0 Å². The Morgan fingerprint density at radius 3 is 2.95 bits per heavy atom. The number of hydrogen-bond donors (Lipinski definition) is 1. The normalized spacial score (nSPS) is 13.0. The molecule has 0 spiro atoms. The highest BCUT2D eigenvalue weighted by molar-refractivity contribution is 7.19. The molecule has 1 atom stereocenters. The summed E-state index contributed by atoms with van der Waals surface area (Å²) in [5.41, 5.74) is 0.939. The van der Waals surface area contributed by atoms with Crippen molar-refractivity contribution in [1.82, 2.24) is 15.1 Å². The van der Waals surface area contributed by atoms with Gasteiger partial charge in [0, 0.05) is 16.1 Å². The van der Waals surface area contributed by atoms with Crippen LogP contribution in [0.3, 0.4) is 0 Å². The van der Waals surface area contributed by atoms with Crippen molar-refractivity contribution in [2.24, 2.45) is 0 Å². The molecule has 0 radical (unpaired) electrons. The molecule has 1 unspecified atom stereocenters. The Balaban J connectivity index is 2.11. The van der Waals surface area contributed by atoms with Crippen LogP contribution in [0, 0.1) is 5.82 Å². The van der Waals surface area contributed by atoms with Gasteiger partial charge in [-0.1, -0.05) is 11.6 Å². The van der Waals surface area contributed by atoms with Gasteiger partial charge < -0.3 is 5.32 Å². The number of nitrogens with one attached hydrogen (secondary N) is 1. The van der Waals surface area contributed by atoms with Gasteiger partial charge in [-0.05, 0) is 43.6 Å². The number of fused-ring (bicyclic) bond motifs is 1. The molecule has 3 rings (SSSR count). The molecule has 1 N–H and O–H groups in total. The van der Waals surface area contributed by atoms with Gasteiger partial charge >= 0.3 is 0 Å². The molecule has 0 aliphatic heterocycles. The molecule has 3 nitrogen and oxygen atoms in total. The quantitative estimate of drug-likeness (QED) is 0.779. The molecular weight excluding hydrogens is 309 g/mol. The van der Waals surface area contributed by atoms with Crippen molar-refractivity contribution in [3.8, 4) is 0 Å². The Bertz CT molecular complexity index is 780. The number of nitrogens with zero attached hydrogens (tertiary/aromatic N) is 2. The molecule has 1 aromatic carbocycles. The van der Waals surface area contributed by atoms with Crippen molar-refractivity contribution in [2.45, 2.75) is 19.5 Å². The van der Waals surface area contributed by atoms with Gasteiger partial charge in [0.25, 0.3) is 0 Å². The van der Waals surface area contributed by atoms with E-state index in [1.807, 2.05) is 30.8 Å². The highest BCUT2D eigenvalue weighted by atomic mass is 35.5. The number of hydrogen-bond acceptors (Lipinski definition) is 3. The molecule has 6 heteroatoms. The lowest BCUT2D eigenvalue weighted by Crippen LogP contribution is -2.20. The highest BCUT2D eigenvalue weighted by Gasteiger charge is 2.22. The van der Waals surface area contributed by atoms with E-state index < -0.39 is 0 Å². The fraction of sp³-hybridized carbons (Fsp3) is 0.267. The van der Waals surface area contributed by atoms with Crippen LogP contribution in [0.2, 0.25) is 5.02 Å². The van der Waals surface area contributed by atoms with E-state index in [0.717, 1.165) is 27.2 Å². The minimum Gasteiger partial charge on any atom is -0.307 e. The molecule has 0 amide bonds. The molecule has 3 aromatic rings. The van der Waals surface area contributed by atoms with E-state index in [2.05, 4.69) is 10.4 Å². The summed E-state index contributed by atoms with van der Waals surface area (Å²) >= 11 is 7.93. The minimum atomic E-state index is -0.218. The summed E-state index contributed by atoms with van der Waals surface area (Å²) in [6.45, 7) is 2.78. The number of halogens is 2. The van der Waals surface area contributed by atoms with Crippen LogP contribution in [0.4, 0.5) is 4.39 Å². The lowest BCUT2D eigenvalue weighted by atomic mass is 10.1. The van der Waals surface area contributed by atoms with Crippen molar-refractivity contribution in [1.29, 1.82) is 0 Å². The molecule has 110 valence electrons. The fourth-order valence-electron chi connectivity index (χ4n) is 2.50. The van der Waals surface area contributed by atoms with Crippen molar-refractivity contribution in [2.75, 3.05) is 7.05 Å². The molecule has 0 fully saturated rings. The SMILES string of the molecule is CCn1ncc(Cl)c1C(NC)c1cc2cc(F)ccc2s1. The second-order valence-corrected chi connectivity index (χ2v) is 6.27. The van der Waals surface area contributed by atoms with Crippen molar-refractivity contribution < 1.29 is 4.39 Å². The lowest BCUT2D eigenvalue weighted by molar-refractivity contribution is 0.568. The minimum absolute atomic E-state index is 0.0552. The van der Waals surface area contributed by atoms with E-state index in [9.17, 15) is 4.39 Å². The van der Waals surface area contributed by atoms with Crippen LogP contribution in [0.1, 0.15) is 23.5 Å². The van der Waals surface area contributed by atoms with E-state index in [1.54, 1.807) is 23.6 Å². The molecule has 0 aliphatic rings. The predicted octanol–water partition coefficient (Wildman–Crippen LogP) is 4.22. The Morgan fingerprint density at radius 2 is 2.24 bits per heavy atom. The summed E-state index contributed by atoms with van der Waals surface area (Å²) in [6.07, 6.45) is 1.66. The number of thiophene rings is 1. The van der Waals surface area contributed by atoms with Crippen molar-refractivity contribution in [3.63, 3.8) is 0 Å². The van der Waals surface area contributed by atoms with Crippen molar-refractivity contribution >= 4 is 33.0 Å². The molecule has 21 heavy (non-hydrogen) atoms. The maximum absolute atomic E-state index is 13.3. The Hall–Kier alpha value is -1.43. The average Bonchev–Trinajstić information content (AvgIpc) is 3.04. The molecule has 0 aliphatic carbocycles. The molecule has 0 saturated carbocycles. The third-order valence-electron chi connectivity index (χ3n) is 3.48. The van der Waals surface area contributed by atoms with Gasteiger partial charge in [0.1, 0.15) is 5.82 Å². The van der Waals surface area contributed by atoms with Gasteiger partial charge in [-0.3, -0.25) is 4.68 Å². The molecule has 2 heterocycles. The molecule has 0 bridgehead atoms. The first-order valence-electron chi connectivity index (χ1n) is 6.71. The van der Waals surface area contributed by atoms with E-state index >= 15 is 0 Å². The number of benzene rings is 1. The summed E-state index contributed by atoms with van der Waals surface area (Å²) in [5, 5.41) is 9.12. The van der Waals surface area contributed by atoms with Crippen LogP contribution in [-0.2, 0) is 6.54 Å². The zero-order chi connectivity index (χ0) is 15.0. The summed E-state index contributed by atoms with van der Waals surface area (Å²) in [4.78, 5) is 1.09. The van der Waals surface area contributed by atoms with E-state index in [-0.39, 0.29) is 11.9 Å². The first kappa shape index (κ1) is 14.5. The summed E-state index contributed by atoms with van der Waals surface area (Å²) in [7, 11) is 1.89. The zero-order valence-electron chi connectivity index (χ0n) is 11.7. The standard InChI is InChI=1S/C15H15ClFN3S/c1-3-20-15(11(16)8-19-20)14(18-2)13-7-9-6-10(17)4-5-12(9)21-13/h4-8,14,18H,3H2,1-2H3. The van der Waals surface area contributed by atoms with Crippen molar-refractivity contribution in [3.05, 3.63) is 51.9 Å². The number of aryl methyl sites for hydroxylation is 1. The maximum Gasteiger partial charge on any atom is 0.123 e. The Kier molecular flexibility index (Phi) is 3.97. The van der Waals surface area contributed by atoms with Gasteiger partial charge in [0.05, 0.1) is 23.0 Å². The monoisotopic (exact) mass is 323 g/mol. The third kappa shape index (κ3) is 2.57. The van der Waals surface area contributed by atoms with Crippen LogP contribution in [0.15, 0.2) is 30.5 Å². The van der Waals surface area contributed by atoms with Gasteiger partial charge in [0.2, 0.25) is 0 Å². The Labute approximate surface area is 131 Å². The smallest absolute Gasteiger partial charge is 0.123 e. The second kappa shape index (κ2) is 5.75.